The van der Waals surface area contributed by atoms with Crippen LogP contribution >= 0.6 is 0 Å². The van der Waals surface area contributed by atoms with E-state index >= 15 is 0 Å². The van der Waals surface area contributed by atoms with Gasteiger partial charge in [0.05, 0.1) is 5.69 Å². The second kappa shape index (κ2) is 4.39. The average molecular weight is 254 g/mol. The number of rotatable bonds is 2. The summed E-state index contributed by atoms with van der Waals surface area (Å²) in [7, 11) is 1.81. The van der Waals surface area contributed by atoms with Gasteiger partial charge in [-0.05, 0) is 37.8 Å². The van der Waals surface area contributed by atoms with E-state index in [0.29, 0.717) is 17.3 Å². The van der Waals surface area contributed by atoms with Gasteiger partial charge >= 0.3 is 0 Å². The number of pyridine rings is 1. The van der Waals surface area contributed by atoms with Gasteiger partial charge in [-0.2, -0.15) is 10.4 Å². The van der Waals surface area contributed by atoms with Crippen LogP contribution in [0.25, 0.3) is 0 Å². The van der Waals surface area contributed by atoms with E-state index in [2.05, 4.69) is 16.2 Å². The fourth-order valence-corrected chi connectivity index (χ4v) is 2.39. The highest BCUT2D eigenvalue weighted by molar-refractivity contribution is 5.45. The highest BCUT2D eigenvalue weighted by atomic mass is 16.5. The Morgan fingerprint density at radius 2 is 2.21 bits per heavy atom. The van der Waals surface area contributed by atoms with Crippen LogP contribution in [0.4, 0.5) is 0 Å². The summed E-state index contributed by atoms with van der Waals surface area (Å²) < 4.78 is 7.39. The molecule has 5 nitrogen and oxygen atoms in total. The average Bonchev–Trinajstić information content (AvgIpc) is 2.95. The van der Waals surface area contributed by atoms with Gasteiger partial charge in [-0.3, -0.25) is 0 Å². The smallest absolute Gasteiger partial charge is 0.239 e. The Morgan fingerprint density at radius 3 is 2.89 bits per heavy atom. The molecule has 5 heteroatoms. The van der Waals surface area contributed by atoms with E-state index < -0.39 is 0 Å². The second-order valence-electron chi connectivity index (χ2n) is 4.76. The van der Waals surface area contributed by atoms with Crippen LogP contribution in [0.15, 0.2) is 12.1 Å². The first-order valence-electron chi connectivity index (χ1n) is 6.29. The minimum absolute atomic E-state index is 0.381. The van der Waals surface area contributed by atoms with Crippen molar-refractivity contribution >= 4 is 0 Å². The third-order valence-corrected chi connectivity index (χ3v) is 3.30. The van der Waals surface area contributed by atoms with Gasteiger partial charge in [0.2, 0.25) is 11.8 Å². The predicted molar refractivity (Wildman–Crippen MR) is 69.0 cm³/mol. The largest absolute Gasteiger partial charge is 0.420 e. The van der Waals surface area contributed by atoms with Crippen LogP contribution < -0.4 is 4.74 Å². The standard InChI is InChI=1S/C14H14N4O/c1-9-6-13(18(2)17-9)19-14-11(8-15)7-10-4-3-5-12(10)16-14/h6-7H,3-5H2,1-2H3. The molecule has 1 aliphatic rings. The lowest BCUT2D eigenvalue weighted by Crippen LogP contribution is -2.00. The monoisotopic (exact) mass is 254 g/mol. The van der Waals surface area contributed by atoms with Gasteiger partial charge < -0.3 is 4.74 Å². The third-order valence-electron chi connectivity index (χ3n) is 3.30. The van der Waals surface area contributed by atoms with Gasteiger partial charge in [0, 0.05) is 18.8 Å². The van der Waals surface area contributed by atoms with Crippen LogP contribution in [-0.4, -0.2) is 14.8 Å². The molecule has 0 radical (unpaired) electrons. The molecular weight excluding hydrogens is 240 g/mol. The van der Waals surface area contributed by atoms with E-state index in [-0.39, 0.29) is 0 Å². The van der Waals surface area contributed by atoms with Gasteiger partial charge in [-0.1, -0.05) is 0 Å². The number of fused-ring (bicyclic) bond motifs is 1. The Morgan fingerprint density at radius 1 is 1.37 bits per heavy atom. The number of hydrogen-bond donors (Lipinski definition) is 0. The van der Waals surface area contributed by atoms with Crippen molar-refractivity contribution in [3.05, 3.63) is 34.6 Å². The first kappa shape index (κ1) is 11.7. The van der Waals surface area contributed by atoms with Crippen LogP contribution in [0.2, 0.25) is 0 Å². The maximum atomic E-state index is 9.21. The molecule has 0 amide bonds. The molecule has 96 valence electrons. The van der Waals surface area contributed by atoms with Crippen molar-refractivity contribution < 1.29 is 4.74 Å². The summed E-state index contributed by atoms with van der Waals surface area (Å²) in [5.74, 6) is 0.977. The van der Waals surface area contributed by atoms with E-state index in [0.717, 1.165) is 30.7 Å². The van der Waals surface area contributed by atoms with Crippen LogP contribution in [0, 0.1) is 18.3 Å². The van der Waals surface area contributed by atoms with E-state index in [4.69, 9.17) is 4.74 Å². The van der Waals surface area contributed by atoms with E-state index in [1.54, 1.807) is 4.68 Å². The number of aryl methyl sites for hydroxylation is 4. The Hall–Kier alpha value is -2.35. The molecule has 0 spiro atoms. The maximum absolute atomic E-state index is 9.21. The van der Waals surface area contributed by atoms with E-state index in [1.807, 2.05) is 26.1 Å². The molecule has 0 aromatic carbocycles. The lowest BCUT2D eigenvalue weighted by Gasteiger charge is -2.08. The van der Waals surface area contributed by atoms with Crippen molar-refractivity contribution in [2.45, 2.75) is 26.2 Å². The summed E-state index contributed by atoms with van der Waals surface area (Å²) in [6.45, 7) is 1.90. The van der Waals surface area contributed by atoms with Gasteiger partial charge in [0.1, 0.15) is 11.6 Å². The normalized spacial score (nSPS) is 13.1. The van der Waals surface area contributed by atoms with Crippen molar-refractivity contribution in [2.24, 2.45) is 7.05 Å². The zero-order valence-electron chi connectivity index (χ0n) is 11.0. The van der Waals surface area contributed by atoms with Gasteiger partial charge in [-0.15, -0.1) is 0 Å². The lowest BCUT2D eigenvalue weighted by atomic mass is 10.1. The van der Waals surface area contributed by atoms with Crippen molar-refractivity contribution in [3.8, 4) is 17.8 Å². The molecule has 2 heterocycles. The molecule has 2 aromatic heterocycles. The Kier molecular flexibility index (Phi) is 2.71. The SMILES string of the molecule is Cc1cc(Oc2nc3c(cc2C#N)CCC3)n(C)n1. The van der Waals surface area contributed by atoms with Crippen LogP contribution in [-0.2, 0) is 19.9 Å². The first-order chi connectivity index (χ1) is 9.17. The molecule has 0 unspecified atom stereocenters. The van der Waals surface area contributed by atoms with Crippen molar-refractivity contribution in [1.29, 1.82) is 5.26 Å². The van der Waals surface area contributed by atoms with Gasteiger partial charge in [0.15, 0.2) is 0 Å². The summed E-state index contributed by atoms with van der Waals surface area (Å²) in [4.78, 5) is 4.48. The van der Waals surface area contributed by atoms with E-state index in [9.17, 15) is 5.26 Å². The zero-order chi connectivity index (χ0) is 13.4. The van der Waals surface area contributed by atoms with Gasteiger partial charge in [-0.25, -0.2) is 9.67 Å². The van der Waals surface area contributed by atoms with Crippen LogP contribution in [0.5, 0.6) is 11.8 Å². The Balaban J connectivity index is 2.01. The lowest BCUT2D eigenvalue weighted by molar-refractivity contribution is 0.413. The van der Waals surface area contributed by atoms with Crippen molar-refractivity contribution in [2.75, 3.05) is 0 Å². The molecule has 0 saturated carbocycles. The molecule has 1 aliphatic carbocycles. The summed E-state index contributed by atoms with van der Waals surface area (Å²) in [6, 6.07) is 5.88. The van der Waals surface area contributed by atoms with Crippen LogP contribution in [0.3, 0.4) is 0 Å². The highest BCUT2D eigenvalue weighted by Gasteiger charge is 2.18. The van der Waals surface area contributed by atoms with Crippen LogP contribution in [0.1, 0.15) is 28.9 Å². The molecule has 0 atom stereocenters. The summed E-state index contributed by atoms with van der Waals surface area (Å²) in [6.07, 6.45) is 3.06. The summed E-state index contributed by atoms with van der Waals surface area (Å²) in [5.41, 5.74) is 3.58. The molecular formula is C14H14N4O. The van der Waals surface area contributed by atoms with Crippen molar-refractivity contribution in [1.82, 2.24) is 14.8 Å². The first-order valence-corrected chi connectivity index (χ1v) is 6.29. The number of nitrogens with zero attached hydrogens (tertiary/aromatic N) is 4. The second-order valence-corrected chi connectivity index (χ2v) is 4.76. The Labute approximate surface area is 111 Å². The molecule has 0 N–H and O–H groups in total. The number of hydrogen-bond acceptors (Lipinski definition) is 4. The minimum Gasteiger partial charge on any atom is -0.420 e. The minimum atomic E-state index is 0.381. The molecule has 0 aliphatic heterocycles. The molecule has 19 heavy (non-hydrogen) atoms. The zero-order valence-corrected chi connectivity index (χ0v) is 11.0. The molecule has 3 rings (SSSR count). The summed E-state index contributed by atoms with van der Waals surface area (Å²) in [5, 5.41) is 13.4. The fourth-order valence-electron chi connectivity index (χ4n) is 2.39. The fraction of sp³-hybridized carbons (Fsp3) is 0.357. The predicted octanol–water partition coefficient (Wildman–Crippen LogP) is 2.28. The maximum Gasteiger partial charge on any atom is 0.239 e. The third kappa shape index (κ3) is 2.06. The molecule has 0 bridgehead atoms. The molecule has 2 aromatic rings. The number of ether oxygens (including phenoxy) is 1. The Bertz CT molecular complexity index is 681. The van der Waals surface area contributed by atoms with E-state index in [1.165, 1.54) is 5.56 Å². The number of aromatic nitrogens is 3. The molecule has 0 saturated heterocycles. The highest BCUT2D eigenvalue weighted by Crippen LogP contribution is 2.29. The topological polar surface area (TPSA) is 63.7 Å². The summed E-state index contributed by atoms with van der Waals surface area (Å²) >= 11 is 0. The quantitative estimate of drug-likeness (QED) is 0.824. The van der Waals surface area contributed by atoms with Crippen molar-refractivity contribution in [3.63, 3.8) is 0 Å². The van der Waals surface area contributed by atoms with Gasteiger partial charge in [0.25, 0.3) is 0 Å². The number of nitriles is 1. The molecule has 0 fully saturated rings.